The van der Waals surface area contributed by atoms with Gasteiger partial charge in [0.25, 0.3) is 0 Å². The molecule has 0 radical (unpaired) electrons. The minimum atomic E-state index is 0. The van der Waals surface area contributed by atoms with Gasteiger partial charge in [0.2, 0.25) is 0 Å². The van der Waals surface area contributed by atoms with Crippen molar-refractivity contribution in [2.24, 2.45) is 10.7 Å². The smallest absolute Gasteiger partial charge is 0.166 e. The first-order valence-corrected chi connectivity index (χ1v) is 0.730. The van der Waals surface area contributed by atoms with Crippen molar-refractivity contribution >= 4 is 0 Å². The maximum Gasteiger partial charge on any atom is 2.00 e. The summed E-state index contributed by atoms with van der Waals surface area (Å²) in [7, 11) is 0. The van der Waals surface area contributed by atoms with E-state index in [9.17, 15) is 0 Å². The van der Waals surface area contributed by atoms with Gasteiger partial charge in [0.1, 0.15) is 0 Å². The van der Waals surface area contributed by atoms with Crippen molar-refractivity contribution in [1.82, 2.24) is 0 Å². The van der Waals surface area contributed by atoms with E-state index >= 15 is 0 Å². The zero-order chi connectivity index (χ0) is 4.12. The molecule has 0 fully saturated rings. The second-order valence-corrected chi connectivity index (χ2v) is 0.231. The van der Waals surface area contributed by atoms with Gasteiger partial charge in [-0.05, 0) is 0 Å². The molecule has 0 N–H and O–H groups in total. The summed E-state index contributed by atoms with van der Waals surface area (Å²) in [6, 6.07) is 0. The fraction of sp³-hybridized carbons (Fsp3) is 0. The minimum Gasteiger partial charge on any atom is -0.166 e. The number of nitrogens with zero attached hydrogens (tertiary/aromatic N) is 2. The molecule has 34 valence electrons. The van der Waals surface area contributed by atoms with Crippen molar-refractivity contribution in [3.8, 4) is 0 Å². The number of hydrogen-bond acceptors (Lipinski definition) is 5. The maximum atomic E-state index is 8.64. The van der Waals surface area contributed by atoms with Gasteiger partial charge in [-0.1, -0.05) is 0 Å². The van der Waals surface area contributed by atoms with Gasteiger partial charge < -0.3 is 0 Å². The second-order valence-electron chi connectivity index (χ2n) is 0.231. The van der Waals surface area contributed by atoms with Crippen LogP contribution in [0.25, 0.3) is 0 Å². The van der Waals surface area contributed by atoms with E-state index in [1.807, 2.05) is 0 Å². The average Bonchev–Trinajstić information content (AvgIpc) is 1.41. The summed E-state index contributed by atoms with van der Waals surface area (Å²) >= 11 is 0. The topological polar surface area (TPSA) is 68.1 Å². The molecule has 0 bridgehead atoms. The Balaban J connectivity index is 0. The van der Waals surface area contributed by atoms with Gasteiger partial charge in [-0.15, -0.1) is 9.81 Å². The van der Waals surface area contributed by atoms with E-state index in [-0.39, 0.29) is 19.5 Å². The van der Waals surface area contributed by atoms with Crippen LogP contribution in [-0.4, -0.2) is 0 Å². The van der Waals surface area contributed by atoms with Gasteiger partial charge in [-0.25, -0.2) is 0 Å². The molecule has 0 heterocycles. The zero-order valence-corrected chi connectivity index (χ0v) is 4.21. The van der Waals surface area contributed by atoms with Gasteiger partial charge in [0.15, 0.2) is 10.7 Å². The summed E-state index contributed by atoms with van der Waals surface area (Å²) in [5.74, 6) is 0. The first-order chi connectivity index (χ1) is 2.41. The van der Waals surface area contributed by atoms with E-state index in [2.05, 4.69) is 4.94 Å². The summed E-state index contributed by atoms with van der Waals surface area (Å²) in [6.07, 6.45) is 0. The van der Waals surface area contributed by atoms with Crippen LogP contribution in [0.3, 0.4) is 0 Å². The van der Waals surface area contributed by atoms with Crippen LogP contribution < -0.4 is 0 Å². The predicted octanol–water partition coefficient (Wildman–Crippen LogP) is 0.363. The molecule has 0 atom stereocenters. The Morgan fingerprint density at radius 3 is 1.50 bits per heavy atom. The van der Waals surface area contributed by atoms with Crippen LogP contribution in [-0.2, 0) is 24.4 Å². The molecule has 0 aliphatic carbocycles. The molecule has 6 heteroatoms. The first-order valence-electron chi connectivity index (χ1n) is 0.730. The Labute approximate surface area is 45.7 Å². The first kappa shape index (κ1) is 9.16. The van der Waals surface area contributed by atoms with Crippen LogP contribution in [0.4, 0.5) is 0 Å². The van der Waals surface area contributed by atoms with Crippen molar-refractivity contribution in [1.29, 1.82) is 0 Å². The molecule has 5 nitrogen and oxygen atoms in total. The summed E-state index contributed by atoms with van der Waals surface area (Å²) in [5.41, 5.74) is 0. The number of hydrogen-bond donors (Lipinski definition) is 0. The Hall–Kier alpha value is -0.377. The molecule has 0 unspecified atom stereocenters. The maximum absolute atomic E-state index is 8.64. The standard InChI is InChI=1S/N2O3.Ru/c3-1-5-2-4;/q;+2. The molecule has 6 heavy (non-hydrogen) atoms. The van der Waals surface area contributed by atoms with Gasteiger partial charge in [-0.3, -0.25) is 0 Å². The molecule has 0 amide bonds. The molecule has 0 aromatic heterocycles. The third kappa shape index (κ3) is 9.46. The fourth-order valence-corrected chi connectivity index (χ4v) is 0.0136. The van der Waals surface area contributed by atoms with Gasteiger partial charge in [0.05, 0.1) is 0 Å². The van der Waals surface area contributed by atoms with Crippen molar-refractivity contribution < 1.29 is 24.4 Å². The quantitative estimate of drug-likeness (QED) is 0.347. The van der Waals surface area contributed by atoms with Crippen LogP contribution >= 0.6 is 0 Å². The minimum absolute atomic E-state index is 0. The van der Waals surface area contributed by atoms with E-state index < -0.39 is 0 Å². The molecule has 0 aliphatic heterocycles. The summed E-state index contributed by atoms with van der Waals surface area (Å²) in [6.45, 7) is 0. The van der Waals surface area contributed by atoms with E-state index in [0.717, 1.165) is 0 Å². The van der Waals surface area contributed by atoms with Crippen molar-refractivity contribution in [3.05, 3.63) is 9.81 Å². The van der Waals surface area contributed by atoms with E-state index in [1.54, 1.807) is 10.7 Å². The van der Waals surface area contributed by atoms with Crippen LogP contribution in [0.1, 0.15) is 0 Å². The van der Waals surface area contributed by atoms with Gasteiger partial charge in [0, 0.05) is 0 Å². The van der Waals surface area contributed by atoms with Crippen LogP contribution in [0, 0.1) is 9.81 Å². The Morgan fingerprint density at radius 2 is 1.50 bits per heavy atom. The third-order valence-electron chi connectivity index (χ3n) is 0.0667. The molecular weight excluding hydrogens is 177 g/mol. The SMILES string of the molecule is O=NON=O.[Ru+2]. The summed E-state index contributed by atoms with van der Waals surface area (Å²) in [4.78, 5) is 20.2. The van der Waals surface area contributed by atoms with Gasteiger partial charge in [-0.2, -0.15) is 4.94 Å². The predicted molar refractivity (Wildman–Crippen MR) is 12.7 cm³/mol. The fourth-order valence-electron chi connectivity index (χ4n) is 0.0136. The molecule has 0 aromatic carbocycles. The van der Waals surface area contributed by atoms with E-state index in [0.29, 0.717) is 0 Å². The largest absolute Gasteiger partial charge is 2.00 e. The normalized spacial score (nSPS) is 4.67. The molecule has 0 rings (SSSR count). The Bertz CT molecular complexity index is 38.1. The van der Waals surface area contributed by atoms with Crippen molar-refractivity contribution in [3.63, 3.8) is 0 Å². The van der Waals surface area contributed by atoms with E-state index in [1.165, 1.54) is 0 Å². The zero-order valence-electron chi connectivity index (χ0n) is 2.47. The summed E-state index contributed by atoms with van der Waals surface area (Å²) < 4.78 is 0. The molecular formula is N2O3Ru+2. The molecule has 0 aromatic rings. The average molecular weight is 177 g/mol. The molecule has 0 aliphatic rings. The Kier molecular flexibility index (Phi) is 13.5. The van der Waals surface area contributed by atoms with Gasteiger partial charge >= 0.3 is 19.5 Å². The monoisotopic (exact) mass is 178 g/mol. The van der Waals surface area contributed by atoms with E-state index in [4.69, 9.17) is 9.81 Å². The third-order valence-corrected chi connectivity index (χ3v) is 0.0667. The summed E-state index contributed by atoms with van der Waals surface area (Å²) in [5, 5.41) is 3.25. The molecule has 0 saturated carbocycles. The number of rotatable bonds is 2. The van der Waals surface area contributed by atoms with Crippen LogP contribution in [0.15, 0.2) is 10.7 Å². The molecule has 0 saturated heterocycles. The molecule has 0 spiro atoms. The van der Waals surface area contributed by atoms with Crippen molar-refractivity contribution in [2.75, 3.05) is 0 Å². The van der Waals surface area contributed by atoms with Crippen molar-refractivity contribution in [2.45, 2.75) is 0 Å². The Morgan fingerprint density at radius 1 is 1.17 bits per heavy atom. The second kappa shape index (κ2) is 8.82. The van der Waals surface area contributed by atoms with Crippen LogP contribution in [0.2, 0.25) is 0 Å². The van der Waals surface area contributed by atoms with Crippen LogP contribution in [0.5, 0.6) is 0 Å².